The second-order valence-electron chi connectivity index (χ2n) is 3.58. The molecule has 4 nitrogen and oxygen atoms in total. The normalized spacial score (nSPS) is 9.62. The lowest BCUT2D eigenvalue weighted by Gasteiger charge is -2.05. The molecule has 0 atom stereocenters. The lowest BCUT2D eigenvalue weighted by atomic mass is 10.1. The smallest absolute Gasteiger partial charge is 0.224 e. The summed E-state index contributed by atoms with van der Waals surface area (Å²) in [4.78, 5) is 21.9. The van der Waals surface area contributed by atoms with E-state index in [4.69, 9.17) is 0 Å². The summed E-state index contributed by atoms with van der Waals surface area (Å²) in [6.45, 7) is 1.98. The quantitative estimate of drug-likeness (QED) is 0.781. The van der Waals surface area contributed by atoms with Crippen molar-refractivity contribution in [3.63, 3.8) is 0 Å². The maximum absolute atomic E-state index is 11.2. The molecule has 16 heavy (non-hydrogen) atoms. The van der Waals surface area contributed by atoms with Gasteiger partial charge < -0.3 is 10.6 Å². The summed E-state index contributed by atoms with van der Waals surface area (Å²) >= 11 is 0. The zero-order valence-electron chi connectivity index (χ0n) is 9.54. The van der Waals surface area contributed by atoms with Gasteiger partial charge in [0.1, 0.15) is 0 Å². The third kappa shape index (κ3) is 4.13. The van der Waals surface area contributed by atoms with Crippen LogP contribution in [-0.2, 0) is 22.6 Å². The van der Waals surface area contributed by atoms with Crippen molar-refractivity contribution in [3.8, 4) is 0 Å². The minimum Gasteiger partial charge on any atom is -0.359 e. The van der Waals surface area contributed by atoms with E-state index in [1.807, 2.05) is 24.3 Å². The van der Waals surface area contributed by atoms with Crippen molar-refractivity contribution >= 4 is 11.8 Å². The van der Waals surface area contributed by atoms with Gasteiger partial charge in [-0.2, -0.15) is 0 Å². The number of amides is 2. The van der Waals surface area contributed by atoms with E-state index in [-0.39, 0.29) is 11.8 Å². The molecule has 0 aliphatic carbocycles. The Morgan fingerprint density at radius 1 is 1.25 bits per heavy atom. The highest BCUT2D eigenvalue weighted by Crippen LogP contribution is 2.05. The molecule has 0 aromatic heterocycles. The van der Waals surface area contributed by atoms with E-state index < -0.39 is 0 Å². The molecular formula is C12H16N2O2. The molecule has 1 rings (SSSR count). The van der Waals surface area contributed by atoms with Crippen molar-refractivity contribution in [1.29, 1.82) is 0 Å². The van der Waals surface area contributed by atoms with Crippen LogP contribution < -0.4 is 10.6 Å². The largest absolute Gasteiger partial charge is 0.359 e. The summed E-state index contributed by atoms with van der Waals surface area (Å²) < 4.78 is 0. The zero-order chi connectivity index (χ0) is 12.0. The average molecular weight is 220 g/mol. The molecule has 0 saturated carbocycles. The maximum Gasteiger partial charge on any atom is 0.224 e. The Morgan fingerprint density at radius 2 is 1.94 bits per heavy atom. The molecule has 86 valence electrons. The van der Waals surface area contributed by atoms with Crippen LogP contribution >= 0.6 is 0 Å². The van der Waals surface area contributed by atoms with Crippen molar-refractivity contribution in [2.24, 2.45) is 0 Å². The number of carbonyl (C=O) groups is 2. The first-order valence-electron chi connectivity index (χ1n) is 5.14. The first-order valence-corrected chi connectivity index (χ1v) is 5.14. The van der Waals surface area contributed by atoms with E-state index in [9.17, 15) is 9.59 Å². The van der Waals surface area contributed by atoms with Crippen LogP contribution in [0.4, 0.5) is 0 Å². The van der Waals surface area contributed by atoms with E-state index in [0.717, 1.165) is 11.1 Å². The van der Waals surface area contributed by atoms with Crippen molar-refractivity contribution in [2.75, 3.05) is 7.05 Å². The summed E-state index contributed by atoms with van der Waals surface area (Å²) in [5, 5.41) is 5.29. The summed E-state index contributed by atoms with van der Waals surface area (Å²) in [5.41, 5.74) is 1.94. The molecule has 0 unspecified atom stereocenters. The van der Waals surface area contributed by atoms with Crippen molar-refractivity contribution in [1.82, 2.24) is 10.6 Å². The van der Waals surface area contributed by atoms with Gasteiger partial charge in [-0.1, -0.05) is 24.3 Å². The fourth-order valence-corrected chi connectivity index (χ4v) is 1.35. The van der Waals surface area contributed by atoms with E-state index in [0.29, 0.717) is 13.0 Å². The molecule has 0 aliphatic rings. The molecule has 0 radical (unpaired) electrons. The fraction of sp³-hybridized carbons (Fsp3) is 0.333. The minimum atomic E-state index is -0.0586. The SMILES string of the molecule is CNC(=O)Cc1cccc(CNC(C)=O)c1. The second kappa shape index (κ2) is 5.90. The van der Waals surface area contributed by atoms with Crippen LogP contribution in [0.2, 0.25) is 0 Å². The van der Waals surface area contributed by atoms with Crippen molar-refractivity contribution < 1.29 is 9.59 Å². The van der Waals surface area contributed by atoms with Gasteiger partial charge in [-0.25, -0.2) is 0 Å². The lowest BCUT2D eigenvalue weighted by Crippen LogP contribution is -2.21. The van der Waals surface area contributed by atoms with E-state index in [1.165, 1.54) is 6.92 Å². The van der Waals surface area contributed by atoms with Crippen molar-refractivity contribution in [2.45, 2.75) is 19.9 Å². The fourth-order valence-electron chi connectivity index (χ4n) is 1.35. The van der Waals surface area contributed by atoms with Crippen LogP contribution in [0.15, 0.2) is 24.3 Å². The van der Waals surface area contributed by atoms with Crippen LogP contribution in [0.5, 0.6) is 0 Å². The predicted octanol–water partition coefficient (Wildman–Crippen LogP) is 0.611. The van der Waals surface area contributed by atoms with E-state index in [2.05, 4.69) is 10.6 Å². The van der Waals surface area contributed by atoms with Gasteiger partial charge in [-0.05, 0) is 11.1 Å². The average Bonchev–Trinajstić information content (AvgIpc) is 2.26. The Balaban J connectivity index is 2.63. The first-order chi connectivity index (χ1) is 7.61. The van der Waals surface area contributed by atoms with Crippen LogP contribution in [0.25, 0.3) is 0 Å². The first kappa shape index (κ1) is 12.2. The predicted molar refractivity (Wildman–Crippen MR) is 61.7 cm³/mol. The maximum atomic E-state index is 11.2. The third-order valence-electron chi connectivity index (χ3n) is 2.18. The molecule has 0 spiro atoms. The molecule has 0 fully saturated rings. The van der Waals surface area contributed by atoms with Gasteiger partial charge in [0.05, 0.1) is 6.42 Å². The molecule has 2 N–H and O–H groups in total. The van der Waals surface area contributed by atoms with Crippen LogP contribution in [-0.4, -0.2) is 18.9 Å². The highest BCUT2D eigenvalue weighted by atomic mass is 16.2. The highest BCUT2D eigenvalue weighted by Gasteiger charge is 2.02. The summed E-state index contributed by atoms with van der Waals surface area (Å²) in [6.07, 6.45) is 0.365. The number of carbonyl (C=O) groups excluding carboxylic acids is 2. The van der Waals surface area contributed by atoms with Gasteiger partial charge in [-0.15, -0.1) is 0 Å². The molecule has 0 bridgehead atoms. The van der Waals surface area contributed by atoms with Gasteiger partial charge in [0, 0.05) is 20.5 Å². The van der Waals surface area contributed by atoms with E-state index in [1.54, 1.807) is 7.05 Å². The topological polar surface area (TPSA) is 58.2 Å². The van der Waals surface area contributed by atoms with Crippen LogP contribution in [0.3, 0.4) is 0 Å². The van der Waals surface area contributed by atoms with Gasteiger partial charge in [-0.3, -0.25) is 9.59 Å². The molecule has 1 aromatic carbocycles. The number of rotatable bonds is 4. The van der Waals surface area contributed by atoms with E-state index >= 15 is 0 Å². The van der Waals surface area contributed by atoms with Crippen LogP contribution in [0.1, 0.15) is 18.1 Å². The Hall–Kier alpha value is -1.84. The molecule has 0 saturated heterocycles. The lowest BCUT2D eigenvalue weighted by molar-refractivity contribution is -0.120. The Labute approximate surface area is 95.0 Å². The van der Waals surface area contributed by atoms with Gasteiger partial charge in [0.25, 0.3) is 0 Å². The minimum absolute atomic E-state index is 0.0170. The molecule has 4 heteroatoms. The number of benzene rings is 1. The number of hydrogen-bond donors (Lipinski definition) is 2. The van der Waals surface area contributed by atoms with Gasteiger partial charge in [0.2, 0.25) is 11.8 Å². The number of nitrogens with one attached hydrogen (secondary N) is 2. The zero-order valence-corrected chi connectivity index (χ0v) is 9.54. The monoisotopic (exact) mass is 220 g/mol. The summed E-state index contributed by atoms with van der Waals surface area (Å²) in [6, 6.07) is 7.62. The standard InChI is InChI=1S/C12H16N2O2/c1-9(15)14-8-11-5-3-4-10(6-11)7-12(16)13-2/h3-6H,7-8H2,1-2H3,(H,13,16)(H,14,15). The number of hydrogen-bond acceptors (Lipinski definition) is 2. The Bertz CT molecular complexity index is 388. The van der Waals surface area contributed by atoms with Crippen molar-refractivity contribution in [3.05, 3.63) is 35.4 Å². The molecule has 0 heterocycles. The number of likely N-dealkylation sites (N-methyl/N-ethyl adjacent to an activating group) is 1. The summed E-state index contributed by atoms with van der Waals surface area (Å²) in [5.74, 6) is -0.0756. The third-order valence-corrected chi connectivity index (χ3v) is 2.18. The highest BCUT2D eigenvalue weighted by molar-refractivity contribution is 5.78. The Morgan fingerprint density at radius 3 is 2.56 bits per heavy atom. The van der Waals surface area contributed by atoms with Crippen LogP contribution in [0, 0.1) is 0 Å². The molecular weight excluding hydrogens is 204 g/mol. The summed E-state index contributed by atoms with van der Waals surface area (Å²) in [7, 11) is 1.61. The second-order valence-corrected chi connectivity index (χ2v) is 3.58. The Kier molecular flexibility index (Phi) is 4.51. The molecule has 2 amide bonds. The van der Waals surface area contributed by atoms with Gasteiger partial charge in [0.15, 0.2) is 0 Å². The van der Waals surface area contributed by atoms with Gasteiger partial charge >= 0.3 is 0 Å². The molecule has 0 aliphatic heterocycles. The molecule has 1 aromatic rings.